The second kappa shape index (κ2) is 5.90. The molecule has 0 N–H and O–H groups in total. The zero-order valence-electron chi connectivity index (χ0n) is 12.7. The summed E-state index contributed by atoms with van der Waals surface area (Å²) in [6.07, 6.45) is 7.59. The molecule has 1 amide bonds. The van der Waals surface area contributed by atoms with Crippen molar-refractivity contribution in [3.8, 4) is 9.88 Å². The summed E-state index contributed by atoms with van der Waals surface area (Å²) in [5, 5.41) is 7.18. The van der Waals surface area contributed by atoms with E-state index in [0.717, 1.165) is 34.8 Å². The van der Waals surface area contributed by atoms with Gasteiger partial charge in [-0.25, -0.2) is 4.98 Å². The second-order valence-electron chi connectivity index (χ2n) is 5.61. The maximum absolute atomic E-state index is 12.9. The van der Waals surface area contributed by atoms with Crippen LogP contribution in [0.15, 0.2) is 36.1 Å². The molecule has 0 saturated carbocycles. The van der Waals surface area contributed by atoms with Gasteiger partial charge in [-0.1, -0.05) is 6.07 Å². The van der Waals surface area contributed by atoms with Gasteiger partial charge in [-0.2, -0.15) is 5.10 Å². The number of aryl methyl sites for hydroxylation is 1. The number of thiazole rings is 1. The van der Waals surface area contributed by atoms with Gasteiger partial charge in [0.2, 0.25) is 0 Å². The van der Waals surface area contributed by atoms with Gasteiger partial charge >= 0.3 is 0 Å². The van der Waals surface area contributed by atoms with E-state index in [1.54, 1.807) is 22.2 Å². The highest BCUT2D eigenvalue weighted by Crippen LogP contribution is 2.35. The first-order valence-corrected chi connectivity index (χ1v) is 9.21. The zero-order chi connectivity index (χ0) is 15.8. The molecule has 1 unspecified atom stereocenters. The maximum atomic E-state index is 12.9. The highest BCUT2D eigenvalue weighted by atomic mass is 32.1. The van der Waals surface area contributed by atoms with Crippen LogP contribution in [0.25, 0.3) is 9.88 Å². The third-order valence-corrected chi connectivity index (χ3v) is 6.10. The van der Waals surface area contributed by atoms with Gasteiger partial charge in [0.1, 0.15) is 9.88 Å². The molecule has 0 spiro atoms. The largest absolute Gasteiger partial charge is 0.331 e. The van der Waals surface area contributed by atoms with Gasteiger partial charge in [-0.15, -0.1) is 22.7 Å². The summed E-state index contributed by atoms with van der Waals surface area (Å²) < 4.78 is 1.79. The summed E-state index contributed by atoms with van der Waals surface area (Å²) in [6.45, 7) is 0.796. The molecular formula is C16H16N4OS2. The van der Waals surface area contributed by atoms with E-state index in [9.17, 15) is 4.79 Å². The van der Waals surface area contributed by atoms with Crippen molar-refractivity contribution >= 4 is 28.6 Å². The van der Waals surface area contributed by atoms with Crippen molar-refractivity contribution in [1.82, 2.24) is 19.7 Å². The van der Waals surface area contributed by atoms with Gasteiger partial charge in [0.15, 0.2) is 0 Å². The SMILES string of the molecule is Cn1cc(C2CCCN2C(=O)c2cnc(-c3cccs3)s2)cn1. The molecule has 1 atom stereocenters. The van der Waals surface area contributed by atoms with E-state index in [2.05, 4.69) is 10.1 Å². The minimum absolute atomic E-state index is 0.0802. The third-order valence-electron chi connectivity index (χ3n) is 4.07. The van der Waals surface area contributed by atoms with E-state index >= 15 is 0 Å². The van der Waals surface area contributed by atoms with Gasteiger partial charge in [-0.3, -0.25) is 9.48 Å². The molecule has 3 aromatic heterocycles. The molecule has 0 radical (unpaired) electrons. The van der Waals surface area contributed by atoms with Gasteiger partial charge in [0, 0.05) is 25.4 Å². The van der Waals surface area contributed by atoms with E-state index in [0.29, 0.717) is 4.88 Å². The van der Waals surface area contributed by atoms with Crippen LogP contribution in [-0.4, -0.2) is 32.1 Å². The number of rotatable bonds is 3. The standard InChI is InChI=1S/C16H16N4OS2/c1-19-10-11(8-18-19)12-4-2-6-20(12)16(21)14-9-17-15(23-14)13-5-3-7-22-13/h3,5,7-10,12H,2,4,6H2,1H3. The van der Waals surface area contributed by atoms with E-state index in [-0.39, 0.29) is 11.9 Å². The molecule has 4 rings (SSSR count). The fourth-order valence-electron chi connectivity index (χ4n) is 3.00. The lowest BCUT2D eigenvalue weighted by molar-refractivity contribution is 0.0740. The van der Waals surface area contributed by atoms with Crippen LogP contribution in [0.2, 0.25) is 0 Å². The summed E-state index contributed by atoms with van der Waals surface area (Å²) in [7, 11) is 1.90. The van der Waals surface area contributed by atoms with Crippen LogP contribution in [0.1, 0.15) is 34.1 Å². The molecule has 23 heavy (non-hydrogen) atoms. The van der Waals surface area contributed by atoms with Gasteiger partial charge in [0.05, 0.1) is 23.3 Å². The van der Waals surface area contributed by atoms with Crippen molar-refractivity contribution in [2.24, 2.45) is 7.05 Å². The Kier molecular flexibility index (Phi) is 3.74. The van der Waals surface area contributed by atoms with Crippen LogP contribution in [0, 0.1) is 0 Å². The number of hydrogen-bond donors (Lipinski definition) is 0. The average Bonchev–Trinajstić information content (AvgIpc) is 3.31. The van der Waals surface area contributed by atoms with E-state index < -0.39 is 0 Å². The minimum Gasteiger partial charge on any atom is -0.331 e. The lowest BCUT2D eigenvalue weighted by Gasteiger charge is -2.23. The molecule has 1 aliphatic heterocycles. The maximum Gasteiger partial charge on any atom is 0.266 e. The molecular weight excluding hydrogens is 328 g/mol. The first-order chi connectivity index (χ1) is 11.2. The number of amides is 1. The van der Waals surface area contributed by atoms with Crippen LogP contribution >= 0.6 is 22.7 Å². The normalized spacial score (nSPS) is 17.8. The van der Waals surface area contributed by atoms with Crippen molar-refractivity contribution in [2.45, 2.75) is 18.9 Å². The van der Waals surface area contributed by atoms with Crippen LogP contribution in [0.4, 0.5) is 0 Å². The van der Waals surface area contributed by atoms with Crippen LogP contribution in [0.5, 0.6) is 0 Å². The van der Waals surface area contributed by atoms with Crippen molar-refractivity contribution in [2.75, 3.05) is 6.54 Å². The lowest BCUT2D eigenvalue weighted by atomic mass is 10.1. The predicted molar refractivity (Wildman–Crippen MR) is 91.6 cm³/mol. The molecule has 0 aromatic carbocycles. The Labute approximate surface area is 142 Å². The van der Waals surface area contributed by atoms with Crippen molar-refractivity contribution in [1.29, 1.82) is 0 Å². The Bertz CT molecular complexity index is 821. The van der Waals surface area contributed by atoms with Crippen molar-refractivity contribution in [3.05, 3.63) is 46.5 Å². The third kappa shape index (κ3) is 2.70. The molecule has 0 aliphatic carbocycles. The van der Waals surface area contributed by atoms with Gasteiger partial charge in [-0.05, 0) is 24.3 Å². The number of aromatic nitrogens is 3. The van der Waals surface area contributed by atoms with Gasteiger partial charge in [0.25, 0.3) is 5.91 Å². The highest BCUT2D eigenvalue weighted by molar-refractivity contribution is 7.21. The molecule has 7 heteroatoms. The molecule has 5 nitrogen and oxygen atoms in total. The monoisotopic (exact) mass is 344 g/mol. The summed E-state index contributed by atoms with van der Waals surface area (Å²) in [5.74, 6) is 0.0802. The molecule has 4 heterocycles. The quantitative estimate of drug-likeness (QED) is 0.730. The first kappa shape index (κ1) is 14.6. The molecule has 3 aromatic rings. The molecule has 1 aliphatic rings. The average molecular weight is 344 g/mol. The Morgan fingerprint density at radius 2 is 2.30 bits per heavy atom. The number of carbonyl (C=O) groups is 1. The number of nitrogens with zero attached hydrogens (tertiary/aromatic N) is 4. The van der Waals surface area contributed by atoms with Crippen molar-refractivity contribution in [3.63, 3.8) is 0 Å². The fraction of sp³-hybridized carbons (Fsp3) is 0.312. The molecule has 0 bridgehead atoms. The van der Waals surface area contributed by atoms with Crippen LogP contribution in [-0.2, 0) is 7.05 Å². The predicted octanol–water partition coefficient (Wildman–Crippen LogP) is 3.58. The zero-order valence-corrected chi connectivity index (χ0v) is 14.3. The van der Waals surface area contributed by atoms with E-state index in [4.69, 9.17) is 0 Å². The summed E-state index contributed by atoms with van der Waals surface area (Å²) in [6, 6.07) is 4.16. The van der Waals surface area contributed by atoms with Crippen LogP contribution in [0.3, 0.4) is 0 Å². The number of carbonyl (C=O) groups excluding carboxylic acids is 1. The van der Waals surface area contributed by atoms with Crippen LogP contribution < -0.4 is 0 Å². The minimum atomic E-state index is 0.0802. The topological polar surface area (TPSA) is 51.0 Å². The first-order valence-electron chi connectivity index (χ1n) is 7.51. The lowest BCUT2D eigenvalue weighted by Crippen LogP contribution is -2.29. The fourth-order valence-corrected chi connectivity index (χ4v) is 4.67. The van der Waals surface area contributed by atoms with E-state index in [1.165, 1.54) is 11.3 Å². The Hall–Kier alpha value is -1.99. The number of hydrogen-bond acceptors (Lipinski definition) is 5. The highest BCUT2D eigenvalue weighted by Gasteiger charge is 2.32. The second-order valence-corrected chi connectivity index (χ2v) is 7.59. The molecule has 118 valence electrons. The summed E-state index contributed by atoms with van der Waals surface area (Å²) in [4.78, 5) is 21.1. The Morgan fingerprint density at radius 1 is 1.39 bits per heavy atom. The Morgan fingerprint density at radius 3 is 3.04 bits per heavy atom. The van der Waals surface area contributed by atoms with Crippen molar-refractivity contribution < 1.29 is 4.79 Å². The smallest absolute Gasteiger partial charge is 0.266 e. The summed E-state index contributed by atoms with van der Waals surface area (Å²) >= 11 is 3.12. The van der Waals surface area contributed by atoms with Gasteiger partial charge < -0.3 is 4.90 Å². The Balaban J connectivity index is 1.58. The van der Waals surface area contributed by atoms with E-state index in [1.807, 2.05) is 41.9 Å². The number of likely N-dealkylation sites (tertiary alicyclic amines) is 1. The molecule has 1 saturated heterocycles. The number of thiophene rings is 1. The summed E-state index contributed by atoms with van der Waals surface area (Å²) in [5.41, 5.74) is 1.11. The molecule has 1 fully saturated rings.